The zero-order chi connectivity index (χ0) is 24.1. The summed E-state index contributed by atoms with van der Waals surface area (Å²) in [4.78, 5) is 27.5. The Hall–Kier alpha value is -3.58. The smallest absolute Gasteiger partial charge is 0.340 e. The minimum atomic E-state index is -0.540. The van der Waals surface area contributed by atoms with Crippen molar-refractivity contribution in [2.45, 2.75) is 32.5 Å². The van der Waals surface area contributed by atoms with Crippen molar-refractivity contribution >= 4 is 18.0 Å². The molecule has 7 heteroatoms. The third-order valence-electron chi connectivity index (χ3n) is 6.05. The van der Waals surface area contributed by atoms with Crippen molar-refractivity contribution in [2.75, 3.05) is 27.4 Å². The summed E-state index contributed by atoms with van der Waals surface area (Å²) in [6.07, 6.45) is 3.53. The third kappa shape index (κ3) is 4.99. The van der Waals surface area contributed by atoms with Gasteiger partial charge in [0.15, 0.2) is 11.5 Å². The van der Waals surface area contributed by atoms with Gasteiger partial charge in [-0.25, -0.2) is 4.79 Å². The van der Waals surface area contributed by atoms with Crippen LogP contribution in [0, 0.1) is 0 Å². The van der Waals surface area contributed by atoms with Crippen LogP contribution < -0.4 is 9.47 Å². The molecule has 0 unspecified atom stereocenters. The van der Waals surface area contributed by atoms with E-state index in [4.69, 9.17) is 18.9 Å². The van der Waals surface area contributed by atoms with E-state index in [0.717, 1.165) is 18.4 Å². The highest BCUT2D eigenvalue weighted by Gasteiger charge is 2.38. The van der Waals surface area contributed by atoms with Crippen LogP contribution in [-0.2, 0) is 25.7 Å². The van der Waals surface area contributed by atoms with E-state index in [1.807, 2.05) is 36.4 Å². The number of ether oxygens (including phenoxy) is 4. The van der Waals surface area contributed by atoms with E-state index in [1.165, 1.54) is 7.11 Å². The SMILES string of the molecule is COC(=O)C1=C(C)N(C[C@@H]2CCCO2)C(=O)/C1=C\c1ccc(OCc2ccccc2)c(OC)c1. The Morgan fingerprint density at radius 3 is 2.62 bits per heavy atom. The van der Waals surface area contributed by atoms with Crippen LogP contribution in [0.15, 0.2) is 65.4 Å². The molecule has 178 valence electrons. The number of hydrogen-bond donors (Lipinski definition) is 0. The number of amides is 1. The Morgan fingerprint density at radius 2 is 1.94 bits per heavy atom. The molecule has 4 rings (SSSR count). The van der Waals surface area contributed by atoms with Crippen LogP contribution >= 0.6 is 0 Å². The van der Waals surface area contributed by atoms with Gasteiger partial charge in [0, 0.05) is 12.3 Å². The molecular weight excluding hydrogens is 434 g/mol. The second kappa shape index (κ2) is 10.6. The van der Waals surface area contributed by atoms with Crippen molar-refractivity contribution in [2.24, 2.45) is 0 Å². The monoisotopic (exact) mass is 463 g/mol. The van der Waals surface area contributed by atoms with Crippen LogP contribution in [0.25, 0.3) is 6.08 Å². The molecule has 1 amide bonds. The molecule has 0 saturated carbocycles. The van der Waals surface area contributed by atoms with E-state index in [1.54, 1.807) is 37.1 Å². The van der Waals surface area contributed by atoms with E-state index in [9.17, 15) is 9.59 Å². The Bertz CT molecular complexity index is 1120. The molecule has 0 spiro atoms. The average Bonchev–Trinajstić information content (AvgIpc) is 3.46. The Labute approximate surface area is 199 Å². The highest BCUT2D eigenvalue weighted by atomic mass is 16.5. The van der Waals surface area contributed by atoms with Crippen molar-refractivity contribution in [3.8, 4) is 11.5 Å². The molecule has 1 fully saturated rings. The van der Waals surface area contributed by atoms with Gasteiger partial charge in [0.2, 0.25) is 0 Å². The average molecular weight is 464 g/mol. The molecule has 2 aromatic carbocycles. The number of carbonyl (C=O) groups excluding carboxylic acids is 2. The highest BCUT2D eigenvalue weighted by Crippen LogP contribution is 2.35. The predicted molar refractivity (Wildman–Crippen MR) is 127 cm³/mol. The molecule has 2 heterocycles. The molecule has 1 saturated heterocycles. The van der Waals surface area contributed by atoms with Gasteiger partial charge < -0.3 is 23.8 Å². The van der Waals surface area contributed by atoms with E-state index < -0.39 is 5.97 Å². The summed E-state index contributed by atoms with van der Waals surface area (Å²) < 4.78 is 22.1. The number of esters is 1. The maximum Gasteiger partial charge on any atom is 0.340 e. The lowest BCUT2D eigenvalue weighted by Crippen LogP contribution is -2.33. The third-order valence-corrected chi connectivity index (χ3v) is 6.05. The lowest BCUT2D eigenvalue weighted by molar-refractivity contribution is -0.136. The molecule has 34 heavy (non-hydrogen) atoms. The van der Waals surface area contributed by atoms with Crippen LogP contribution in [-0.4, -0.2) is 50.3 Å². The largest absolute Gasteiger partial charge is 0.493 e. The molecule has 0 aromatic heterocycles. The minimum Gasteiger partial charge on any atom is -0.493 e. The van der Waals surface area contributed by atoms with Crippen molar-refractivity contribution in [3.05, 3.63) is 76.5 Å². The van der Waals surface area contributed by atoms with Crippen LogP contribution in [0.4, 0.5) is 0 Å². The molecule has 2 aromatic rings. The molecular formula is C27H29NO6. The first-order valence-corrected chi connectivity index (χ1v) is 11.3. The predicted octanol–water partition coefficient (Wildman–Crippen LogP) is 4.13. The number of allylic oxidation sites excluding steroid dienone is 1. The van der Waals surface area contributed by atoms with Gasteiger partial charge in [-0.05, 0) is 49.1 Å². The molecule has 0 bridgehead atoms. The van der Waals surface area contributed by atoms with Gasteiger partial charge >= 0.3 is 5.97 Å². The first kappa shape index (κ1) is 23.6. The standard InChI is InChI=1S/C27H29NO6/c1-18-25(27(30)32-3)22(26(29)28(18)16-21-10-7-13-33-21)14-20-11-12-23(24(15-20)31-2)34-17-19-8-5-4-6-9-19/h4-6,8-9,11-12,14-15,21H,7,10,13,16-17H2,1-3H3/b22-14-/t21-/m0/s1. The van der Waals surface area contributed by atoms with Crippen LogP contribution in [0.5, 0.6) is 11.5 Å². The Balaban J connectivity index is 1.60. The lowest BCUT2D eigenvalue weighted by Gasteiger charge is -2.21. The summed E-state index contributed by atoms with van der Waals surface area (Å²) in [5.41, 5.74) is 2.90. The van der Waals surface area contributed by atoms with E-state index in [0.29, 0.717) is 48.1 Å². The number of methoxy groups -OCH3 is 2. The van der Waals surface area contributed by atoms with Gasteiger partial charge in [0.1, 0.15) is 6.61 Å². The first-order valence-electron chi connectivity index (χ1n) is 11.3. The number of carbonyl (C=O) groups is 2. The lowest BCUT2D eigenvalue weighted by atomic mass is 10.0. The molecule has 0 aliphatic carbocycles. The van der Waals surface area contributed by atoms with Gasteiger partial charge in [-0.1, -0.05) is 36.4 Å². The van der Waals surface area contributed by atoms with E-state index in [2.05, 4.69) is 0 Å². The molecule has 0 radical (unpaired) electrons. The normalized spacial score (nSPS) is 19.1. The summed E-state index contributed by atoms with van der Waals surface area (Å²) in [7, 11) is 2.88. The molecule has 2 aliphatic rings. The Kier molecular flexibility index (Phi) is 7.33. The first-order chi connectivity index (χ1) is 16.5. The fraction of sp³-hybridized carbons (Fsp3) is 0.333. The maximum absolute atomic E-state index is 13.3. The van der Waals surface area contributed by atoms with Gasteiger partial charge in [-0.3, -0.25) is 4.79 Å². The number of benzene rings is 2. The van der Waals surface area contributed by atoms with E-state index >= 15 is 0 Å². The van der Waals surface area contributed by atoms with Crippen molar-refractivity contribution in [3.63, 3.8) is 0 Å². The summed E-state index contributed by atoms with van der Waals surface area (Å²) >= 11 is 0. The van der Waals surface area contributed by atoms with E-state index in [-0.39, 0.29) is 17.6 Å². The Morgan fingerprint density at radius 1 is 1.15 bits per heavy atom. The topological polar surface area (TPSA) is 74.3 Å². The number of rotatable bonds is 8. The summed E-state index contributed by atoms with van der Waals surface area (Å²) in [6, 6.07) is 15.3. The molecule has 7 nitrogen and oxygen atoms in total. The zero-order valence-corrected chi connectivity index (χ0v) is 19.7. The van der Waals surface area contributed by atoms with Crippen molar-refractivity contribution < 1.29 is 28.5 Å². The van der Waals surface area contributed by atoms with Crippen LogP contribution in [0.2, 0.25) is 0 Å². The summed E-state index contributed by atoms with van der Waals surface area (Å²) in [6.45, 7) is 3.28. The quantitative estimate of drug-likeness (QED) is 0.433. The molecule has 0 N–H and O–H groups in total. The van der Waals surface area contributed by atoms with Crippen LogP contribution in [0.1, 0.15) is 30.9 Å². The van der Waals surface area contributed by atoms with Gasteiger partial charge in [0.25, 0.3) is 5.91 Å². The van der Waals surface area contributed by atoms with Gasteiger partial charge in [-0.15, -0.1) is 0 Å². The van der Waals surface area contributed by atoms with Gasteiger partial charge in [-0.2, -0.15) is 0 Å². The minimum absolute atomic E-state index is 0.0294. The fourth-order valence-electron chi connectivity index (χ4n) is 4.24. The fourth-order valence-corrected chi connectivity index (χ4v) is 4.24. The highest BCUT2D eigenvalue weighted by molar-refractivity contribution is 6.16. The zero-order valence-electron chi connectivity index (χ0n) is 19.7. The summed E-state index contributed by atoms with van der Waals surface area (Å²) in [5.74, 6) is 0.344. The van der Waals surface area contributed by atoms with Gasteiger partial charge in [0.05, 0.1) is 38.0 Å². The second-order valence-electron chi connectivity index (χ2n) is 8.25. The second-order valence-corrected chi connectivity index (χ2v) is 8.25. The molecule has 2 aliphatic heterocycles. The maximum atomic E-state index is 13.3. The summed E-state index contributed by atoms with van der Waals surface area (Å²) in [5, 5.41) is 0. The van der Waals surface area contributed by atoms with Crippen molar-refractivity contribution in [1.29, 1.82) is 0 Å². The molecule has 1 atom stereocenters. The number of hydrogen-bond acceptors (Lipinski definition) is 6. The number of nitrogens with zero attached hydrogens (tertiary/aromatic N) is 1. The van der Waals surface area contributed by atoms with Crippen molar-refractivity contribution in [1.82, 2.24) is 4.90 Å². The van der Waals surface area contributed by atoms with Crippen LogP contribution in [0.3, 0.4) is 0 Å².